The van der Waals surface area contributed by atoms with E-state index in [9.17, 15) is 4.79 Å². The van der Waals surface area contributed by atoms with Gasteiger partial charge in [-0.15, -0.1) is 24.8 Å². The van der Waals surface area contributed by atoms with Gasteiger partial charge in [-0.2, -0.15) is 0 Å². The fourth-order valence-electron chi connectivity index (χ4n) is 3.55. The zero-order valence-corrected chi connectivity index (χ0v) is 16.9. The number of carbonyl (C=O) groups is 1. The first-order valence-corrected chi connectivity index (χ1v) is 8.80. The minimum absolute atomic E-state index is 0. The zero-order valence-electron chi connectivity index (χ0n) is 15.3. The molecule has 2 N–H and O–H groups in total. The van der Waals surface area contributed by atoms with E-state index in [0.29, 0.717) is 18.3 Å². The average molecular weight is 384 g/mol. The number of nitrogens with zero attached hydrogens (tertiary/aromatic N) is 1. The van der Waals surface area contributed by atoms with E-state index in [1.807, 2.05) is 0 Å². The van der Waals surface area contributed by atoms with Gasteiger partial charge >= 0.3 is 0 Å². The van der Waals surface area contributed by atoms with E-state index in [2.05, 4.69) is 36.3 Å². The Balaban J connectivity index is 0.00000264. The highest BCUT2D eigenvalue weighted by molar-refractivity contribution is 5.85. The van der Waals surface area contributed by atoms with E-state index in [1.54, 1.807) is 0 Å². The molecule has 0 radical (unpaired) electrons. The van der Waals surface area contributed by atoms with Crippen molar-refractivity contribution in [1.82, 2.24) is 15.5 Å². The van der Waals surface area contributed by atoms with Crippen LogP contribution in [0.4, 0.5) is 0 Å². The molecule has 2 heterocycles. The third-order valence-corrected chi connectivity index (χ3v) is 4.90. The highest BCUT2D eigenvalue weighted by atomic mass is 35.5. The summed E-state index contributed by atoms with van der Waals surface area (Å²) in [7, 11) is 0. The second-order valence-corrected chi connectivity index (χ2v) is 7.52. The summed E-state index contributed by atoms with van der Waals surface area (Å²) in [5.74, 6) is 1.32. The summed E-state index contributed by atoms with van der Waals surface area (Å²) >= 11 is 0. The van der Waals surface area contributed by atoms with Crippen molar-refractivity contribution in [2.24, 2.45) is 11.8 Å². The third kappa shape index (κ3) is 8.34. The first kappa shape index (κ1) is 23.9. The molecule has 24 heavy (non-hydrogen) atoms. The monoisotopic (exact) mass is 383 g/mol. The number of rotatable bonds is 6. The van der Waals surface area contributed by atoms with E-state index < -0.39 is 0 Å². The topological polar surface area (TPSA) is 53.6 Å². The van der Waals surface area contributed by atoms with Gasteiger partial charge in [0.1, 0.15) is 0 Å². The number of hydrogen-bond acceptors (Lipinski definition) is 4. The smallest absolute Gasteiger partial charge is 0.220 e. The first-order chi connectivity index (χ1) is 10.5. The summed E-state index contributed by atoms with van der Waals surface area (Å²) in [5, 5.41) is 6.52. The minimum atomic E-state index is -0.0647. The van der Waals surface area contributed by atoms with E-state index in [0.717, 1.165) is 45.9 Å². The van der Waals surface area contributed by atoms with Crippen LogP contribution in [0.3, 0.4) is 0 Å². The molecule has 0 aromatic heterocycles. The molecular weight excluding hydrogens is 349 g/mol. The lowest BCUT2D eigenvalue weighted by Gasteiger charge is -2.38. The van der Waals surface area contributed by atoms with Gasteiger partial charge in [-0.05, 0) is 51.6 Å². The number of morpholine rings is 1. The van der Waals surface area contributed by atoms with E-state index in [-0.39, 0.29) is 36.3 Å². The molecule has 0 aromatic rings. The molecule has 0 aliphatic carbocycles. The van der Waals surface area contributed by atoms with Gasteiger partial charge in [0.2, 0.25) is 5.91 Å². The molecule has 2 saturated heterocycles. The minimum Gasteiger partial charge on any atom is -0.373 e. The number of halogens is 2. The van der Waals surface area contributed by atoms with E-state index in [4.69, 9.17) is 4.74 Å². The fourth-order valence-corrected chi connectivity index (χ4v) is 3.55. The summed E-state index contributed by atoms with van der Waals surface area (Å²) in [6, 6.07) is 0. The standard InChI is InChI=1S/C17H33N3O2.2ClH/c1-14(15-5-4-6-18-12-15)11-16(21)19-7-8-20-9-10-22-17(2,3)13-20;;/h14-15,18H,4-13H2,1-3H3,(H,19,21);2*1H. The molecule has 2 fully saturated rings. The Kier molecular flexibility index (Phi) is 11.5. The van der Waals surface area contributed by atoms with Gasteiger partial charge in [0, 0.05) is 32.6 Å². The van der Waals surface area contributed by atoms with Crippen LogP contribution in [0.5, 0.6) is 0 Å². The quantitative estimate of drug-likeness (QED) is 0.736. The maximum Gasteiger partial charge on any atom is 0.220 e. The number of amides is 1. The normalized spacial score (nSPS) is 25.0. The molecule has 2 aliphatic heterocycles. The molecule has 0 bridgehead atoms. The summed E-state index contributed by atoms with van der Waals surface area (Å²) in [6.07, 6.45) is 3.15. The molecule has 2 aliphatic rings. The Morgan fingerprint density at radius 3 is 2.79 bits per heavy atom. The van der Waals surface area contributed by atoms with Crippen LogP contribution in [-0.2, 0) is 9.53 Å². The molecule has 0 aromatic carbocycles. The molecule has 0 spiro atoms. The Morgan fingerprint density at radius 1 is 1.42 bits per heavy atom. The van der Waals surface area contributed by atoms with Gasteiger partial charge in [-0.3, -0.25) is 9.69 Å². The Hall–Kier alpha value is -0.0700. The van der Waals surface area contributed by atoms with Crippen LogP contribution in [-0.4, -0.2) is 62.3 Å². The summed E-state index contributed by atoms with van der Waals surface area (Å²) in [5.41, 5.74) is -0.0647. The number of piperidine rings is 1. The van der Waals surface area contributed by atoms with Crippen LogP contribution in [0.1, 0.15) is 40.0 Å². The average Bonchev–Trinajstić information content (AvgIpc) is 2.47. The van der Waals surface area contributed by atoms with Crippen molar-refractivity contribution in [1.29, 1.82) is 0 Å². The number of nitrogens with one attached hydrogen (secondary N) is 2. The number of carbonyl (C=O) groups excluding carboxylic acids is 1. The van der Waals surface area contributed by atoms with E-state index in [1.165, 1.54) is 12.8 Å². The lowest BCUT2D eigenvalue weighted by Crippen LogP contribution is -2.50. The number of ether oxygens (including phenoxy) is 1. The zero-order chi connectivity index (χ0) is 16.0. The Morgan fingerprint density at radius 2 is 2.17 bits per heavy atom. The molecule has 1 amide bonds. The fraction of sp³-hybridized carbons (Fsp3) is 0.941. The van der Waals surface area contributed by atoms with Crippen LogP contribution in [0, 0.1) is 11.8 Å². The van der Waals surface area contributed by atoms with Crippen LogP contribution in [0.25, 0.3) is 0 Å². The van der Waals surface area contributed by atoms with Gasteiger partial charge in [0.25, 0.3) is 0 Å². The van der Waals surface area contributed by atoms with Gasteiger partial charge in [0.15, 0.2) is 0 Å². The Labute approximate surface area is 159 Å². The predicted octanol–water partition coefficient (Wildman–Crippen LogP) is 2.08. The van der Waals surface area contributed by atoms with Crippen molar-refractivity contribution in [3.63, 3.8) is 0 Å². The van der Waals surface area contributed by atoms with Crippen molar-refractivity contribution in [2.45, 2.75) is 45.6 Å². The van der Waals surface area contributed by atoms with Crippen molar-refractivity contribution in [3.8, 4) is 0 Å². The molecule has 5 nitrogen and oxygen atoms in total. The molecule has 2 rings (SSSR count). The molecule has 144 valence electrons. The second kappa shape index (κ2) is 11.5. The largest absolute Gasteiger partial charge is 0.373 e. The first-order valence-electron chi connectivity index (χ1n) is 8.80. The molecule has 0 saturated carbocycles. The molecule has 7 heteroatoms. The second-order valence-electron chi connectivity index (χ2n) is 7.52. The molecule has 2 unspecified atom stereocenters. The Bertz CT molecular complexity index is 364. The van der Waals surface area contributed by atoms with Crippen LogP contribution in [0.15, 0.2) is 0 Å². The highest BCUT2D eigenvalue weighted by Crippen LogP contribution is 2.22. The van der Waals surface area contributed by atoms with Gasteiger partial charge in [-0.25, -0.2) is 0 Å². The van der Waals surface area contributed by atoms with Crippen molar-refractivity contribution in [3.05, 3.63) is 0 Å². The third-order valence-electron chi connectivity index (χ3n) is 4.90. The summed E-state index contributed by atoms with van der Waals surface area (Å²) in [4.78, 5) is 14.5. The molecular formula is C17H35Cl2N3O2. The number of hydrogen-bond donors (Lipinski definition) is 2. The predicted molar refractivity (Wildman–Crippen MR) is 103 cm³/mol. The van der Waals surface area contributed by atoms with Gasteiger partial charge in [0.05, 0.1) is 12.2 Å². The maximum atomic E-state index is 12.1. The lowest BCUT2D eigenvalue weighted by molar-refractivity contribution is -0.122. The SMILES string of the molecule is CC(CC(=O)NCCN1CCOC(C)(C)C1)C1CCCNC1.Cl.Cl. The van der Waals surface area contributed by atoms with Gasteiger partial charge < -0.3 is 15.4 Å². The van der Waals surface area contributed by atoms with Crippen LogP contribution >= 0.6 is 24.8 Å². The van der Waals surface area contributed by atoms with E-state index >= 15 is 0 Å². The van der Waals surface area contributed by atoms with Crippen LogP contribution in [0.2, 0.25) is 0 Å². The summed E-state index contributed by atoms with van der Waals surface area (Å²) < 4.78 is 5.71. The van der Waals surface area contributed by atoms with Crippen molar-refractivity contribution < 1.29 is 9.53 Å². The van der Waals surface area contributed by atoms with Crippen molar-refractivity contribution >= 4 is 30.7 Å². The van der Waals surface area contributed by atoms with Gasteiger partial charge in [-0.1, -0.05) is 6.92 Å². The van der Waals surface area contributed by atoms with Crippen molar-refractivity contribution in [2.75, 3.05) is 45.9 Å². The highest BCUT2D eigenvalue weighted by Gasteiger charge is 2.27. The summed E-state index contributed by atoms with van der Waals surface area (Å²) in [6.45, 7) is 13.0. The van der Waals surface area contributed by atoms with Crippen LogP contribution < -0.4 is 10.6 Å². The maximum absolute atomic E-state index is 12.1. The lowest BCUT2D eigenvalue weighted by atomic mass is 9.85. The molecule has 2 atom stereocenters.